The number of thioether (sulfide) groups is 1. The highest BCUT2D eigenvalue weighted by Crippen LogP contribution is 2.22. The SMILES string of the molecule is COc1ccc(CSc2nccc(OCC(=O)N3CCN(c4ccc(C)cc4)CC3)n2)cc1. The average Bonchev–Trinajstić information content (AvgIpc) is 2.87. The van der Waals surface area contributed by atoms with Gasteiger partial charge >= 0.3 is 0 Å². The Kier molecular flexibility index (Phi) is 7.67. The first-order chi connectivity index (χ1) is 16.1. The quantitative estimate of drug-likeness (QED) is 0.371. The molecule has 7 nitrogen and oxygen atoms in total. The van der Waals surface area contributed by atoms with E-state index in [0.717, 1.165) is 30.2 Å². The lowest BCUT2D eigenvalue weighted by molar-refractivity contribution is -0.133. The zero-order valence-corrected chi connectivity index (χ0v) is 19.8. The number of aromatic nitrogens is 2. The third-order valence-electron chi connectivity index (χ3n) is 5.51. The van der Waals surface area contributed by atoms with Crippen molar-refractivity contribution >= 4 is 23.4 Å². The van der Waals surface area contributed by atoms with Gasteiger partial charge in [-0.15, -0.1) is 0 Å². The maximum absolute atomic E-state index is 12.6. The Morgan fingerprint density at radius 1 is 1.00 bits per heavy atom. The van der Waals surface area contributed by atoms with E-state index in [1.54, 1.807) is 19.4 Å². The predicted molar refractivity (Wildman–Crippen MR) is 130 cm³/mol. The second-order valence-electron chi connectivity index (χ2n) is 7.81. The summed E-state index contributed by atoms with van der Waals surface area (Å²) in [5.74, 6) is 1.95. The highest BCUT2D eigenvalue weighted by atomic mass is 32.2. The molecule has 172 valence electrons. The van der Waals surface area contributed by atoms with E-state index >= 15 is 0 Å². The molecule has 0 bridgehead atoms. The topological polar surface area (TPSA) is 67.8 Å². The Morgan fingerprint density at radius 3 is 2.42 bits per heavy atom. The molecule has 1 fully saturated rings. The zero-order valence-electron chi connectivity index (χ0n) is 18.9. The molecule has 1 aliphatic rings. The zero-order chi connectivity index (χ0) is 23.0. The molecule has 3 aromatic rings. The molecular formula is C25H28N4O3S. The Morgan fingerprint density at radius 2 is 1.73 bits per heavy atom. The number of carbonyl (C=O) groups is 1. The Labute approximate surface area is 198 Å². The molecule has 0 spiro atoms. The molecule has 0 saturated carbocycles. The van der Waals surface area contributed by atoms with Crippen LogP contribution in [0.4, 0.5) is 5.69 Å². The molecule has 0 atom stereocenters. The van der Waals surface area contributed by atoms with Crippen LogP contribution in [0.1, 0.15) is 11.1 Å². The summed E-state index contributed by atoms with van der Waals surface area (Å²) in [4.78, 5) is 25.5. The van der Waals surface area contributed by atoms with Crippen LogP contribution in [0.15, 0.2) is 66.0 Å². The van der Waals surface area contributed by atoms with Crippen LogP contribution >= 0.6 is 11.8 Å². The first-order valence-corrected chi connectivity index (χ1v) is 11.9. The van der Waals surface area contributed by atoms with Crippen LogP contribution in [0.25, 0.3) is 0 Å². The van der Waals surface area contributed by atoms with E-state index in [-0.39, 0.29) is 12.5 Å². The first kappa shape index (κ1) is 22.9. The molecule has 4 rings (SSSR count). The predicted octanol–water partition coefficient (Wildman–Crippen LogP) is 3.81. The lowest BCUT2D eigenvalue weighted by Crippen LogP contribution is -2.50. The van der Waals surface area contributed by atoms with E-state index in [4.69, 9.17) is 9.47 Å². The van der Waals surface area contributed by atoms with E-state index in [1.807, 2.05) is 29.2 Å². The maximum Gasteiger partial charge on any atom is 0.260 e. The fourth-order valence-corrected chi connectivity index (χ4v) is 4.32. The van der Waals surface area contributed by atoms with Crippen LogP contribution in [-0.2, 0) is 10.5 Å². The largest absolute Gasteiger partial charge is 0.497 e. The van der Waals surface area contributed by atoms with E-state index in [9.17, 15) is 4.79 Å². The van der Waals surface area contributed by atoms with Crippen molar-refractivity contribution in [1.82, 2.24) is 14.9 Å². The van der Waals surface area contributed by atoms with Crippen molar-refractivity contribution in [2.24, 2.45) is 0 Å². The average molecular weight is 465 g/mol. The molecule has 33 heavy (non-hydrogen) atoms. The number of benzene rings is 2. The number of amides is 1. The van der Waals surface area contributed by atoms with E-state index in [2.05, 4.69) is 46.1 Å². The number of aryl methyl sites for hydroxylation is 1. The van der Waals surface area contributed by atoms with Gasteiger partial charge in [0.25, 0.3) is 5.91 Å². The third kappa shape index (κ3) is 6.38. The van der Waals surface area contributed by atoms with Crippen molar-refractivity contribution in [3.05, 3.63) is 71.9 Å². The lowest BCUT2D eigenvalue weighted by atomic mass is 10.2. The number of carbonyl (C=O) groups excluding carboxylic acids is 1. The lowest BCUT2D eigenvalue weighted by Gasteiger charge is -2.36. The smallest absolute Gasteiger partial charge is 0.260 e. The standard InChI is InChI=1S/C25H28N4O3S/c1-19-3-7-21(8-4-19)28-13-15-29(16-14-28)24(30)17-32-23-11-12-26-25(27-23)33-18-20-5-9-22(31-2)10-6-20/h3-12H,13-18H2,1-2H3. The summed E-state index contributed by atoms with van der Waals surface area (Å²) in [5, 5.41) is 0.613. The van der Waals surface area contributed by atoms with Crippen molar-refractivity contribution < 1.29 is 14.3 Å². The molecule has 0 aliphatic carbocycles. The van der Waals surface area contributed by atoms with Gasteiger partial charge in [0.15, 0.2) is 11.8 Å². The summed E-state index contributed by atoms with van der Waals surface area (Å²) < 4.78 is 10.9. The highest BCUT2D eigenvalue weighted by molar-refractivity contribution is 7.98. The van der Waals surface area contributed by atoms with Crippen LogP contribution in [0.5, 0.6) is 11.6 Å². The van der Waals surface area contributed by atoms with Crippen molar-refractivity contribution in [3.63, 3.8) is 0 Å². The summed E-state index contributed by atoms with van der Waals surface area (Å²) >= 11 is 1.52. The van der Waals surface area contributed by atoms with Gasteiger partial charge in [0, 0.05) is 49.9 Å². The van der Waals surface area contributed by atoms with Crippen LogP contribution < -0.4 is 14.4 Å². The van der Waals surface area contributed by atoms with E-state index in [1.165, 1.54) is 23.0 Å². The Bertz CT molecular complexity index is 1050. The third-order valence-corrected chi connectivity index (χ3v) is 6.44. The van der Waals surface area contributed by atoms with Crippen molar-refractivity contribution in [1.29, 1.82) is 0 Å². The normalized spacial score (nSPS) is 13.6. The molecule has 8 heteroatoms. The molecule has 2 aromatic carbocycles. The molecule has 1 amide bonds. The van der Waals surface area contributed by atoms with Gasteiger partial charge < -0.3 is 19.3 Å². The first-order valence-electron chi connectivity index (χ1n) is 10.9. The maximum atomic E-state index is 12.6. The molecule has 0 unspecified atom stereocenters. The number of hydrogen-bond acceptors (Lipinski definition) is 7. The van der Waals surface area contributed by atoms with Gasteiger partial charge in [-0.2, -0.15) is 4.98 Å². The summed E-state index contributed by atoms with van der Waals surface area (Å²) in [5.41, 5.74) is 3.59. The Hall–Kier alpha value is -3.26. The summed E-state index contributed by atoms with van der Waals surface area (Å²) in [6.07, 6.45) is 1.66. The number of hydrogen-bond donors (Lipinski definition) is 0. The number of nitrogens with zero attached hydrogens (tertiary/aromatic N) is 4. The van der Waals surface area contributed by atoms with Crippen LogP contribution in [0.2, 0.25) is 0 Å². The van der Waals surface area contributed by atoms with Crippen LogP contribution in [0, 0.1) is 6.92 Å². The van der Waals surface area contributed by atoms with Gasteiger partial charge in [0.1, 0.15) is 5.75 Å². The van der Waals surface area contributed by atoms with Crippen LogP contribution in [-0.4, -0.2) is 60.7 Å². The molecule has 2 heterocycles. The number of rotatable bonds is 8. The van der Waals surface area contributed by atoms with E-state index < -0.39 is 0 Å². The van der Waals surface area contributed by atoms with Gasteiger partial charge in [-0.25, -0.2) is 4.98 Å². The molecule has 0 radical (unpaired) electrons. The summed E-state index contributed by atoms with van der Waals surface area (Å²) in [6, 6.07) is 18.1. The van der Waals surface area contributed by atoms with Gasteiger partial charge in [-0.05, 0) is 36.8 Å². The minimum atomic E-state index is -0.0237. The molecular weight excluding hydrogens is 436 g/mol. The van der Waals surface area contributed by atoms with Crippen molar-refractivity contribution in [2.45, 2.75) is 17.8 Å². The second kappa shape index (κ2) is 11.0. The summed E-state index contributed by atoms with van der Waals surface area (Å²) in [6.45, 7) is 5.05. The minimum absolute atomic E-state index is 0.0235. The molecule has 1 aromatic heterocycles. The molecule has 0 N–H and O–H groups in total. The van der Waals surface area contributed by atoms with Gasteiger partial charge in [-0.3, -0.25) is 4.79 Å². The number of methoxy groups -OCH3 is 1. The molecule has 1 aliphatic heterocycles. The highest BCUT2D eigenvalue weighted by Gasteiger charge is 2.21. The summed E-state index contributed by atoms with van der Waals surface area (Å²) in [7, 11) is 1.65. The second-order valence-corrected chi connectivity index (χ2v) is 8.75. The number of anilines is 1. The number of piperazine rings is 1. The minimum Gasteiger partial charge on any atom is -0.497 e. The van der Waals surface area contributed by atoms with Gasteiger partial charge in [0.2, 0.25) is 5.88 Å². The fraction of sp³-hybridized carbons (Fsp3) is 0.320. The van der Waals surface area contributed by atoms with Gasteiger partial charge in [-0.1, -0.05) is 41.6 Å². The van der Waals surface area contributed by atoms with Crippen molar-refractivity contribution in [3.8, 4) is 11.6 Å². The Balaban J connectivity index is 1.23. The molecule has 1 saturated heterocycles. The monoisotopic (exact) mass is 464 g/mol. The van der Waals surface area contributed by atoms with Gasteiger partial charge in [0.05, 0.1) is 7.11 Å². The van der Waals surface area contributed by atoms with Crippen LogP contribution in [0.3, 0.4) is 0 Å². The fourth-order valence-electron chi connectivity index (χ4n) is 3.54. The number of ether oxygens (including phenoxy) is 2. The van der Waals surface area contributed by atoms with E-state index in [0.29, 0.717) is 24.1 Å². The van der Waals surface area contributed by atoms with Crippen molar-refractivity contribution in [2.75, 3.05) is 44.8 Å².